The van der Waals surface area contributed by atoms with Crippen LogP contribution in [0.15, 0.2) is 96.2 Å². The molecule has 7 nitrogen and oxygen atoms in total. The Morgan fingerprint density at radius 2 is 1.42 bits per heavy atom. The molecule has 0 aliphatic rings. The quantitative estimate of drug-likeness (QED) is 0.131. The number of esters is 1. The first-order valence-corrected chi connectivity index (χ1v) is 11.1. The Balaban J connectivity index is 1.86. The molecule has 0 atom stereocenters. The number of rotatable bonds is 8. The maximum absolute atomic E-state index is 12.1. The predicted molar refractivity (Wildman–Crippen MR) is 128 cm³/mol. The second-order valence-electron chi connectivity index (χ2n) is 7.07. The number of nitrogens with one attached hydrogen (secondary N) is 1. The van der Waals surface area contributed by atoms with Gasteiger partial charge in [-0.3, -0.25) is 0 Å². The largest absolute Gasteiger partial charge is 0.461 e. The van der Waals surface area contributed by atoms with E-state index in [9.17, 15) is 10.0 Å². The minimum atomic E-state index is -0.791. The predicted octanol–water partition coefficient (Wildman–Crippen LogP) is 4.68. The summed E-state index contributed by atoms with van der Waals surface area (Å²) in [6.07, 6.45) is 0. The summed E-state index contributed by atoms with van der Waals surface area (Å²) in [4.78, 5) is 16.6. The van der Waals surface area contributed by atoms with Crippen molar-refractivity contribution in [3.63, 3.8) is 0 Å². The molecule has 1 aromatic heterocycles. The lowest BCUT2D eigenvalue weighted by atomic mass is 9.77. The van der Waals surface area contributed by atoms with Crippen molar-refractivity contribution < 1.29 is 14.7 Å². The topological polar surface area (TPSA) is 96.7 Å². The molecule has 0 radical (unpaired) electrons. The van der Waals surface area contributed by atoms with Crippen LogP contribution in [0.4, 0.5) is 5.13 Å². The third-order valence-electron chi connectivity index (χ3n) is 5.12. The molecule has 0 spiro atoms. The molecule has 0 saturated carbocycles. The zero-order chi connectivity index (χ0) is 23.1. The summed E-state index contributed by atoms with van der Waals surface area (Å²) in [5.41, 5.74) is 1.87. The summed E-state index contributed by atoms with van der Waals surface area (Å²) in [5.74, 6) is -0.795. The van der Waals surface area contributed by atoms with Crippen molar-refractivity contribution in [2.75, 3.05) is 11.9 Å². The lowest BCUT2D eigenvalue weighted by molar-refractivity contribution is -0.135. The minimum Gasteiger partial charge on any atom is -0.461 e. The SMILES string of the molecule is CCOC(=O)/C(=N/O)c1nsc(NC(c2ccccc2)(c2ccccc2)c2ccccc2)n1. The summed E-state index contributed by atoms with van der Waals surface area (Å²) in [6.45, 7) is 1.81. The van der Waals surface area contributed by atoms with Crippen LogP contribution in [0.1, 0.15) is 29.4 Å². The van der Waals surface area contributed by atoms with E-state index in [2.05, 4.69) is 19.8 Å². The Morgan fingerprint density at radius 1 is 0.939 bits per heavy atom. The van der Waals surface area contributed by atoms with Crippen molar-refractivity contribution in [1.29, 1.82) is 0 Å². The number of hydrogen-bond donors (Lipinski definition) is 2. The van der Waals surface area contributed by atoms with Gasteiger partial charge in [0.25, 0.3) is 0 Å². The van der Waals surface area contributed by atoms with Gasteiger partial charge in [0.1, 0.15) is 5.54 Å². The second kappa shape index (κ2) is 10.1. The highest BCUT2D eigenvalue weighted by Crippen LogP contribution is 2.40. The van der Waals surface area contributed by atoms with E-state index in [0.29, 0.717) is 5.13 Å². The van der Waals surface area contributed by atoms with Crippen LogP contribution >= 0.6 is 11.5 Å². The van der Waals surface area contributed by atoms with Crippen molar-refractivity contribution in [1.82, 2.24) is 9.36 Å². The van der Waals surface area contributed by atoms with Gasteiger partial charge >= 0.3 is 5.97 Å². The van der Waals surface area contributed by atoms with E-state index < -0.39 is 11.5 Å². The summed E-state index contributed by atoms with van der Waals surface area (Å²) in [5, 5.41) is 16.4. The molecule has 166 valence electrons. The molecule has 4 aromatic rings. The number of anilines is 1. The average molecular weight is 459 g/mol. The van der Waals surface area contributed by atoms with Gasteiger partial charge in [-0.05, 0) is 23.6 Å². The van der Waals surface area contributed by atoms with Gasteiger partial charge in [0.05, 0.1) is 6.61 Å². The number of carbonyl (C=O) groups excluding carboxylic acids is 1. The third kappa shape index (κ3) is 4.47. The van der Waals surface area contributed by atoms with Crippen LogP contribution in [0.3, 0.4) is 0 Å². The van der Waals surface area contributed by atoms with Gasteiger partial charge in [0.15, 0.2) is 0 Å². The molecule has 0 bridgehead atoms. The van der Waals surface area contributed by atoms with Gasteiger partial charge in [-0.25, -0.2) is 4.79 Å². The lowest BCUT2D eigenvalue weighted by Gasteiger charge is -2.36. The van der Waals surface area contributed by atoms with E-state index in [4.69, 9.17) is 4.74 Å². The Bertz CT molecular complexity index is 1130. The van der Waals surface area contributed by atoms with Crippen LogP contribution < -0.4 is 5.32 Å². The zero-order valence-electron chi connectivity index (χ0n) is 17.9. The lowest BCUT2D eigenvalue weighted by Crippen LogP contribution is -2.38. The Morgan fingerprint density at radius 3 is 1.85 bits per heavy atom. The standard InChI is InChI=1S/C25H22N4O3S/c1-2-32-23(30)21(28-31)22-26-24(33-29-22)27-25(18-12-6-3-7-13-18,19-14-8-4-9-15-19)20-16-10-5-11-17-20/h3-17,31H,2H2,1H3,(H,26,27,29)/b28-21+. The van der Waals surface area contributed by atoms with Gasteiger partial charge in [-0.15, -0.1) is 0 Å². The number of ether oxygens (including phenoxy) is 1. The fourth-order valence-electron chi connectivity index (χ4n) is 3.69. The van der Waals surface area contributed by atoms with Crippen molar-refractivity contribution >= 4 is 28.3 Å². The molecule has 0 unspecified atom stereocenters. The van der Waals surface area contributed by atoms with E-state index in [0.717, 1.165) is 28.2 Å². The molecule has 0 aliphatic carbocycles. The molecule has 0 amide bonds. The summed E-state index contributed by atoms with van der Waals surface area (Å²) >= 11 is 1.07. The summed E-state index contributed by atoms with van der Waals surface area (Å²) in [6, 6.07) is 30.1. The van der Waals surface area contributed by atoms with Crippen LogP contribution in [0.25, 0.3) is 0 Å². The molecule has 0 aliphatic heterocycles. The zero-order valence-corrected chi connectivity index (χ0v) is 18.7. The number of carbonyl (C=O) groups is 1. The molecule has 4 rings (SSSR count). The van der Waals surface area contributed by atoms with E-state index in [1.54, 1.807) is 6.92 Å². The molecular formula is C25H22N4O3S. The van der Waals surface area contributed by atoms with Gasteiger partial charge in [0, 0.05) is 11.5 Å². The molecule has 1 heterocycles. The fraction of sp³-hybridized carbons (Fsp3) is 0.120. The van der Waals surface area contributed by atoms with Gasteiger partial charge in [0.2, 0.25) is 16.7 Å². The van der Waals surface area contributed by atoms with E-state index in [1.807, 2.05) is 91.0 Å². The molecule has 3 aromatic carbocycles. The number of benzene rings is 3. The highest BCUT2D eigenvalue weighted by atomic mass is 32.1. The Hall–Kier alpha value is -4.04. The third-order valence-corrected chi connectivity index (χ3v) is 5.75. The molecule has 33 heavy (non-hydrogen) atoms. The first kappa shape index (κ1) is 22.2. The first-order chi connectivity index (χ1) is 16.2. The second-order valence-corrected chi connectivity index (χ2v) is 7.82. The van der Waals surface area contributed by atoms with E-state index >= 15 is 0 Å². The fourth-order valence-corrected chi connectivity index (χ4v) is 4.31. The normalized spacial score (nSPS) is 11.7. The minimum absolute atomic E-state index is 0.00784. The van der Waals surface area contributed by atoms with Gasteiger partial charge in [-0.2, -0.15) is 9.36 Å². The van der Waals surface area contributed by atoms with Crippen LogP contribution in [0.2, 0.25) is 0 Å². The molecule has 2 N–H and O–H groups in total. The Kier molecular flexibility index (Phi) is 6.75. The van der Waals surface area contributed by atoms with Crippen LogP contribution in [0, 0.1) is 0 Å². The highest BCUT2D eigenvalue weighted by molar-refractivity contribution is 7.09. The smallest absolute Gasteiger partial charge is 0.364 e. The van der Waals surface area contributed by atoms with Crippen LogP contribution in [-0.4, -0.2) is 32.9 Å². The summed E-state index contributed by atoms with van der Waals surface area (Å²) < 4.78 is 9.17. The van der Waals surface area contributed by atoms with E-state index in [1.165, 1.54) is 0 Å². The van der Waals surface area contributed by atoms with Crippen molar-refractivity contribution in [2.45, 2.75) is 12.5 Å². The van der Waals surface area contributed by atoms with Crippen LogP contribution in [-0.2, 0) is 15.1 Å². The molecular weight excluding hydrogens is 436 g/mol. The number of hydrogen-bond acceptors (Lipinski definition) is 8. The maximum Gasteiger partial charge on any atom is 0.364 e. The van der Waals surface area contributed by atoms with E-state index in [-0.39, 0.29) is 18.1 Å². The number of oxime groups is 1. The maximum atomic E-state index is 12.1. The molecule has 0 fully saturated rings. The van der Waals surface area contributed by atoms with Crippen LogP contribution in [0.5, 0.6) is 0 Å². The monoisotopic (exact) mass is 458 g/mol. The van der Waals surface area contributed by atoms with Crippen molar-refractivity contribution in [2.24, 2.45) is 5.16 Å². The van der Waals surface area contributed by atoms with Gasteiger partial charge in [-0.1, -0.05) is 96.2 Å². The molecule has 0 saturated heterocycles. The number of aromatic nitrogens is 2. The average Bonchev–Trinajstić information content (AvgIpc) is 3.33. The summed E-state index contributed by atoms with van der Waals surface area (Å²) in [7, 11) is 0. The Labute approximate surface area is 195 Å². The first-order valence-electron chi connectivity index (χ1n) is 10.4. The number of nitrogens with zero attached hydrogens (tertiary/aromatic N) is 3. The van der Waals surface area contributed by atoms with Crippen molar-refractivity contribution in [3.05, 3.63) is 114 Å². The highest BCUT2D eigenvalue weighted by Gasteiger charge is 2.37. The molecule has 8 heteroatoms. The van der Waals surface area contributed by atoms with Gasteiger partial charge < -0.3 is 15.3 Å². The van der Waals surface area contributed by atoms with Crippen molar-refractivity contribution in [3.8, 4) is 0 Å².